The Hall–Kier alpha value is -7.62. The lowest BCUT2D eigenvalue weighted by Crippen LogP contribution is -2.20. The van der Waals surface area contributed by atoms with Crippen LogP contribution in [-0.4, -0.2) is 9.13 Å². The highest BCUT2D eigenvalue weighted by Gasteiger charge is 2.39. The fraction of sp³-hybridized carbons (Fsp3) is 0.0526. The molecule has 1 aliphatic rings. The van der Waals surface area contributed by atoms with Gasteiger partial charge in [-0.2, -0.15) is 0 Å². The van der Waals surface area contributed by atoms with Crippen molar-refractivity contribution in [2.75, 3.05) is 4.90 Å². The summed E-state index contributed by atoms with van der Waals surface area (Å²) in [4.78, 5) is 2.52. The van der Waals surface area contributed by atoms with Crippen molar-refractivity contribution < 1.29 is 0 Å². The third kappa shape index (κ3) is 5.02. The van der Waals surface area contributed by atoms with Crippen LogP contribution >= 0.6 is 0 Å². The van der Waals surface area contributed by atoms with Crippen LogP contribution in [0.25, 0.3) is 77.2 Å². The number of anilines is 3. The molecule has 0 saturated heterocycles. The van der Waals surface area contributed by atoms with Crippen molar-refractivity contribution in [3.05, 3.63) is 223 Å². The molecule has 0 spiro atoms. The van der Waals surface area contributed by atoms with Crippen molar-refractivity contribution in [2.45, 2.75) is 19.3 Å². The summed E-state index contributed by atoms with van der Waals surface area (Å²) >= 11 is 0. The van der Waals surface area contributed by atoms with Gasteiger partial charge in [0.15, 0.2) is 0 Å². The highest BCUT2D eigenvalue weighted by atomic mass is 15.2. The Morgan fingerprint density at radius 1 is 0.367 bits per heavy atom. The first-order valence-electron chi connectivity index (χ1n) is 20.9. The highest BCUT2D eigenvalue weighted by Crippen LogP contribution is 2.55. The first kappa shape index (κ1) is 34.4. The lowest BCUT2D eigenvalue weighted by Gasteiger charge is -2.32. The van der Waals surface area contributed by atoms with Gasteiger partial charge >= 0.3 is 0 Å². The number of fused-ring (bicyclic) bond motifs is 9. The van der Waals surface area contributed by atoms with Crippen LogP contribution in [0, 0.1) is 0 Å². The van der Waals surface area contributed by atoms with Gasteiger partial charge in [-0.15, -0.1) is 0 Å². The molecule has 0 saturated carbocycles. The van der Waals surface area contributed by atoms with E-state index in [4.69, 9.17) is 0 Å². The SMILES string of the molecule is CC1(C)c2ccccc2-c2cccc(N(c3ccc(-c4ccc(-n5c6ccccc6c6ccccc65)cc4)cc3)c3cccc4c3c3ccccc3n4-c3ccccc3)c21. The second-order valence-electron chi connectivity index (χ2n) is 16.5. The molecule has 2 aromatic heterocycles. The van der Waals surface area contributed by atoms with Gasteiger partial charge in [0.05, 0.1) is 33.4 Å². The summed E-state index contributed by atoms with van der Waals surface area (Å²) in [6.07, 6.45) is 0. The summed E-state index contributed by atoms with van der Waals surface area (Å²) in [6.45, 7) is 4.76. The van der Waals surface area contributed by atoms with Crippen LogP contribution in [0.5, 0.6) is 0 Å². The topological polar surface area (TPSA) is 13.1 Å². The van der Waals surface area contributed by atoms with E-state index in [0.29, 0.717) is 0 Å². The van der Waals surface area contributed by atoms with Crippen molar-refractivity contribution in [3.63, 3.8) is 0 Å². The average Bonchev–Trinajstić information content (AvgIpc) is 3.91. The largest absolute Gasteiger partial charge is 0.309 e. The van der Waals surface area contributed by atoms with Crippen LogP contribution in [0.3, 0.4) is 0 Å². The van der Waals surface area contributed by atoms with Crippen molar-refractivity contribution in [1.29, 1.82) is 0 Å². The lowest BCUT2D eigenvalue weighted by atomic mass is 9.81. The van der Waals surface area contributed by atoms with E-state index < -0.39 is 0 Å². The second kappa shape index (κ2) is 13.2. The molecule has 60 heavy (non-hydrogen) atoms. The molecule has 12 rings (SSSR count). The van der Waals surface area contributed by atoms with E-state index in [1.807, 2.05) is 0 Å². The third-order valence-corrected chi connectivity index (χ3v) is 12.9. The molecule has 284 valence electrons. The number of aromatic nitrogens is 2. The molecule has 0 amide bonds. The number of nitrogens with zero attached hydrogens (tertiary/aromatic N) is 3. The average molecular weight is 768 g/mol. The molecule has 0 unspecified atom stereocenters. The molecular formula is C57H41N3. The predicted molar refractivity (Wildman–Crippen MR) is 253 cm³/mol. The molecule has 2 heterocycles. The number of para-hydroxylation sites is 4. The van der Waals surface area contributed by atoms with Crippen LogP contribution in [0.2, 0.25) is 0 Å². The maximum Gasteiger partial charge on any atom is 0.0562 e. The molecule has 0 radical (unpaired) electrons. The van der Waals surface area contributed by atoms with E-state index in [9.17, 15) is 0 Å². The minimum Gasteiger partial charge on any atom is -0.309 e. The zero-order chi connectivity index (χ0) is 40.0. The monoisotopic (exact) mass is 767 g/mol. The summed E-state index contributed by atoms with van der Waals surface area (Å²) < 4.78 is 4.79. The fourth-order valence-electron chi connectivity index (χ4n) is 10.3. The van der Waals surface area contributed by atoms with Crippen LogP contribution < -0.4 is 4.90 Å². The predicted octanol–water partition coefficient (Wildman–Crippen LogP) is 15.3. The minimum absolute atomic E-state index is 0.204. The first-order chi connectivity index (χ1) is 29.6. The normalized spacial score (nSPS) is 13.0. The summed E-state index contributed by atoms with van der Waals surface area (Å²) in [6, 6.07) is 77.8. The van der Waals surface area contributed by atoms with Crippen molar-refractivity contribution >= 4 is 60.7 Å². The van der Waals surface area contributed by atoms with Crippen LogP contribution in [0.15, 0.2) is 212 Å². The molecule has 0 fully saturated rings. The Kier molecular flexibility index (Phi) is 7.58. The smallest absolute Gasteiger partial charge is 0.0562 e. The van der Waals surface area contributed by atoms with Crippen molar-refractivity contribution in [1.82, 2.24) is 9.13 Å². The van der Waals surface area contributed by atoms with E-state index in [1.165, 1.54) is 82.7 Å². The number of hydrogen-bond donors (Lipinski definition) is 0. The zero-order valence-corrected chi connectivity index (χ0v) is 33.5. The standard InChI is InChI=1S/C57H41N3/c1-57(2)48-23-10-6-18-43(48)46-22-14-29-54(56(46)57)60(53-28-15-27-52-55(53)47-21-9-13-26-51(47)59(52)40-16-4-3-5-17-40)42-36-32-39(33-37-42)38-30-34-41(35-31-38)58-49-24-11-7-19-44(49)45-20-8-12-25-50(45)58/h3-37H,1-2H3. The zero-order valence-electron chi connectivity index (χ0n) is 33.5. The lowest BCUT2D eigenvalue weighted by molar-refractivity contribution is 0.661. The number of benzene rings is 9. The van der Waals surface area contributed by atoms with E-state index in [1.54, 1.807) is 0 Å². The second-order valence-corrected chi connectivity index (χ2v) is 16.5. The molecule has 0 N–H and O–H groups in total. The van der Waals surface area contributed by atoms with Gasteiger partial charge in [-0.25, -0.2) is 0 Å². The molecule has 0 bridgehead atoms. The number of hydrogen-bond acceptors (Lipinski definition) is 1. The van der Waals surface area contributed by atoms with E-state index >= 15 is 0 Å². The van der Waals surface area contributed by atoms with Gasteiger partial charge in [0.25, 0.3) is 0 Å². The van der Waals surface area contributed by atoms with Gasteiger partial charge in [0.2, 0.25) is 0 Å². The van der Waals surface area contributed by atoms with Gasteiger partial charge in [0, 0.05) is 44.0 Å². The van der Waals surface area contributed by atoms with Gasteiger partial charge in [-0.3, -0.25) is 0 Å². The number of rotatable bonds is 6. The van der Waals surface area contributed by atoms with Crippen LogP contribution in [0.1, 0.15) is 25.0 Å². The van der Waals surface area contributed by atoms with Gasteiger partial charge < -0.3 is 14.0 Å². The molecule has 3 heteroatoms. The highest BCUT2D eigenvalue weighted by molar-refractivity contribution is 6.17. The van der Waals surface area contributed by atoms with Crippen LogP contribution in [0.4, 0.5) is 17.1 Å². The Morgan fingerprint density at radius 2 is 0.850 bits per heavy atom. The Bertz CT molecular complexity index is 3390. The first-order valence-corrected chi connectivity index (χ1v) is 20.9. The summed E-state index contributed by atoms with van der Waals surface area (Å²) in [5.41, 5.74) is 18.1. The summed E-state index contributed by atoms with van der Waals surface area (Å²) in [7, 11) is 0. The van der Waals surface area contributed by atoms with Crippen molar-refractivity contribution in [2.24, 2.45) is 0 Å². The molecule has 9 aromatic carbocycles. The van der Waals surface area contributed by atoms with Crippen LogP contribution in [-0.2, 0) is 5.41 Å². The Labute approximate surface area is 349 Å². The fourth-order valence-corrected chi connectivity index (χ4v) is 10.3. The third-order valence-electron chi connectivity index (χ3n) is 12.9. The molecule has 11 aromatic rings. The molecule has 0 atom stereocenters. The van der Waals surface area contributed by atoms with E-state index in [2.05, 4.69) is 240 Å². The van der Waals surface area contributed by atoms with Gasteiger partial charge in [-0.05, 0) is 106 Å². The maximum absolute atomic E-state index is 2.52. The molecule has 0 aliphatic heterocycles. The Morgan fingerprint density at radius 3 is 1.55 bits per heavy atom. The van der Waals surface area contributed by atoms with Gasteiger partial charge in [0.1, 0.15) is 0 Å². The minimum atomic E-state index is -0.204. The summed E-state index contributed by atoms with van der Waals surface area (Å²) in [5, 5.41) is 5.00. The quantitative estimate of drug-likeness (QED) is 0.164. The molecular weight excluding hydrogens is 727 g/mol. The molecule has 1 aliphatic carbocycles. The maximum atomic E-state index is 2.52. The van der Waals surface area contributed by atoms with E-state index in [0.717, 1.165) is 22.7 Å². The summed E-state index contributed by atoms with van der Waals surface area (Å²) in [5.74, 6) is 0. The Balaban J connectivity index is 1.03. The van der Waals surface area contributed by atoms with E-state index in [-0.39, 0.29) is 5.41 Å². The van der Waals surface area contributed by atoms with Crippen molar-refractivity contribution in [3.8, 4) is 33.6 Å². The molecule has 3 nitrogen and oxygen atoms in total. The van der Waals surface area contributed by atoms with Gasteiger partial charge in [-0.1, -0.05) is 153 Å².